The fourth-order valence-electron chi connectivity index (χ4n) is 4.26. The average Bonchev–Trinajstić information content (AvgIpc) is 3.00. The van der Waals surface area contributed by atoms with Crippen LogP contribution in [0.5, 0.6) is 11.5 Å². The molecule has 9 nitrogen and oxygen atoms in total. The van der Waals surface area contributed by atoms with E-state index in [1.165, 1.54) is 18.2 Å². The van der Waals surface area contributed by atoms with Gasteiger partial charge in [0.05, 0.1) is 10.7 Å². The number of urea groups is 1. The Bertz CT molecular complexity index is 1720. The highest BCUT2D eigenvalue weighted by Crippen LogP contribution is 2.29. The van der Waals surface area contributed by atoms with E-state index in [1.54, 1.807) is 36.4 Å². The van der Waals surface area contributed by atoms with Crippen LogP contribution in [0.3, 0.4) is 0 Å². The maximum atomic E-state index is 13.3. The number of barbiturate groups is 1. The number of ether oxygens (including phenoxy) is 2. The molecule has 1 heterocycles. The van der Waals surface area contributed by atoms with Gasteiger partial charge in [0.1, 0.15) is 23.7 Å². The predicted octanol–water partition coefficient (Wildman–Crippen LogP) is 5.91. The van der Waals surface area contributed by atoms with Crippen molar-refractivity contribution in [3.05, 3.63) is 124 Å². The lowest BCUT2D eigenvalue weighted by Gasteiger charge is -2.26. The molecule has 2 N–H and O–H groups in total. The Hall–Kier alpha value is -5.41. The van der Waals surface area contributed by atoms with Crippen LogP contribution in [0.25, 0.3) is 6.08 Å². The molecule has 216 valence electrons. The van der Waals surface area contributed by atoms with Crippen LogP contribution >= 0.6 is 11.6 Å². The average molecular weight is 596 g/mol. The van der Waals surface area contributed by atoms with Gasteiger partial charge in [-0.1, -0.05) is 66.2 Å². The Balaban J connectivity index is 1.25. The molecular weight excluding hydrogens is 570 g/mol. The fraction of sp³-hybridized carbons (Fsp3) is 0.0909. The van der Waals surface area contributed by atoms with Gasteiger partial charge in [0.2, 0.25) is 0 Å². The number of amides is 5. The van der Waals surface area contributed by atoms with E-state index in [1.807, 2.05) is 55.5 Å². The Morgan fingerprint density at radius 1 is 0.907 bits per heavy atom. The Morgan fingerprint density at radius 3 is 2.35 bits per heavy atom. The number of carbonyl (C=O) groups excluding carboxylic acids is 4. The first-order chi connectivity index (χ1) is 20.8. The zero-order chi connectivity index (χ0) is 30.3. The maximum absolute atomic E-state index is 13.3. The van der Waals surface area contributed by atoms with Crippen LogP contribution in [0.15, 0.2) is 103 Å². The highest BCUT2D eigenvalue weighted by molar-refractivity contribution is 6.39. The molecule has 0 unspecified atom stereocenters. The third-order valence-corrected chi connectivity index (χ3v) is 6.79. The number of nitrogens with zero attached hydrogens (tertiary/aromatic N) is 1. The summed E-state index contributed by atoms with van der Waals surface area (Å²) in [6.45, 7) is 1.96. The lowest BCUT2D eigenvalue weighted by Crippen LogP contribution is -2.54. The van der Waals surface area contributed by atoms with Gasteiger partial charge in [-0.3, -0.25) is 19.7 Å². The van der Waals surface area contributed by atoms with Gasteiger partial charge in [0.15, 0.2) is 6.61 Å². The number of carbonyl (C=O) groups is 4. The van der Waals surface area contributed by atoms with E-state index in [0.29, 0.717) is 23.6 Å². The van der Waals surface area contributed by atoms with E-state index in [9.17, 15) is 19.2 Å². The van der Waals surface area contributed by atoms with Gasteiger partial charge in [0, 0.05) is 5.69 Å². The van der Waals surface area contributed by atoms with E-state index in [0.717, 1.165) is 16.0 Å². The number of imide groups is 2. The number of para-hydroxylation sites is 1. The molecule has 4 aromatic rings. The quantitative estimate of drug-likeness (QED) is 0.184. The predicted molar refractivity (Wildman–Crippen MR) is 163 cm³/mol. The topological polar surface area (TPSA) is 114 Å². The molecular formula is C33H26ClN3O6. The van der Waals surface area contributed by atoms with Crippen molar-refractivity contribution in [2.45, 2.75) is 13.5 Å². The van der Waals surface area contributed by atoms with Crippen molar-refractivity contribution in [2.75, 3.05) is 16.8 Å². The molecule has 0 atom stereocenters. The second-order valence-corrected chi connectivity index (χ2v) is 9.97. The van der Waals surface area contributed by atoms with E-state index in [-0.39, 0.29) is 34.5 Å². The van der Waals surface area contributed by atoms with Crippen molar-refractivity contribution < 1.29 is 28.7 Å². The minimum absolute atomic E-state index is 0.167. The SMILES string of the molecule is Cc1ccccc1NC(=O)COc1ccc(/C=C2/C(=O)NC(=O)N(c3ccc(OCc4ccccc4)cc3)C2=O)cc1Cl. The molecule has 43 heavy (non-hydrogen) atoms. The maximum Gasteiger partial charge on any atom is 0.335 e. The second kappa shape index (κ2) is 13.1. The molecule has 0 saturated carbocycles. The molecule has 4 aromatic carbocycles. The van der Waals surface area contributed by atoms with Crippen LogP contribution in [-0.2, 0) is 21.0 Å². The zero-order valence-corrected chi connectivity index (χ0v) is 23.8. The lowest BCUT2D eigenvalue weighted by molar-refractivity contribution is -0.122. The molecule has 5 amide bonds. The molecule has 1 fully saturated rings. The minimum Gasteiger partial charge on any atom is -0.489 e. The van der Waals surface area contributed by atoms with Gasteiger partial charge in [-0.25, -0.2) is 9.69 Å². The summed E-state index contributed by atoms with van der Waals surface area (Å²) in [7, 11) is 0. The van der Waals surface area contributed by atoms with Crippen LogP contribution in [0, 0.1) is 6.92 Å². The molecule has 0 bridgehead atoms. The van der Waals surface area contributed by atoms with Crippen LogP contribution < -0.4 is 25.0 Å². The zero-order valence-electron chi connectivity index (χ0n) is 23.0. The summed E-state index contributed by atoms with van der Waals surface area (Å²) < 4.78 is 11.3. The van der Waals surface area contributed by atoms with Gasteiger partial charge in [-0.05, 0) is 72.2 Å². The number of rotatable bonds is 9. The smallest absolute Gasteiger partial charge is 0.335 e. The van der Waals surface area contributed by atoms with Crippen molar-refractivity contribution in [1.82, 2.24) is 5.32 Å². The molecule has 10 heteroatoms. The molecule has 0 spiro atoms. The van der Waals surface area contributed by atoms with Gasteiger partial charge in [-0.15, -0.1) is 0 Å². The van der Waals surface area contributed by atoms with Crippen molar-refractivity contribution >= 4 is 52.8 Å². The first-order valence-electron chi connectivity index (χ1n) is 13.2. The Kier molecular flexibility index (Phi) is 8.83. The van der Waals surface area contributed by atoms with Gasteiger partial charge < -0.3 is 14.8 Å². The summed E-state index contributed by atoms with van der Waals surface area (Å²) in [5.41, 5.74) is 3.01. The number of aryl methyl sites for hydroxylation is 1. The van der Waals surface area contributed by atoms with E-state index in [2.05, 4.69) is 10.6 Å². The first-order valence-corrected chi connectivity index (χ1v) is 13.6. The van der Waals surface area contributed by atoms with Gasteiger partial charge in [-0.2, -0.15) is 0 Å². The number of benzene rings is 4. The van der Waals surface area contributed by atoms with Crippen molar-refractivity contribution in [3.63, 3.8) is 0 Å². The summed E-state index contributed by atoms with van der Waals surface area (Å²) in [6, 6.07) is 27.1. The molecule has 0 aromatic heterocycles. The van der Waals surface area contributed by atoms with Crippen LogP contribution in [0.1, 0.15) is 16.7 Å². The third kappa shape index (κ3) is 7.09. The largest absolute Gasteiger partial charge is 0.489 e. The van der Waals surface area contributed by atoms with E-state index >= 15 is 0 Å². The fourth-order valence-corrected chi connectivity index (χ4v) is 4.50. The van der Waals surface area contributed by atoms with Crippen LogP contribution in [0.2, 0.25) is 5.02 Å². The third-order valence-electron chi connectivity index (χ3n) is 6.49. The minimum atomic E-state index is -0.865. The van der Waals surface area contributed by atoms with Crippen molar-refractivity contribution in [3.8, 4) is 11.5 Å². The Labute approximate surface area is 252 Å². The number of halogens is 1. The second-order valence-electron chi connectivity index (χ2n) is 9.57. The summed E-state index contributed by atoms with van der Waals surface area (Å²) in [5, 5.41) is 5.14. The number of hydrogen-bond donors (Lipinski definition) is 2. The normalized spacial score (nSPS) is 14.0. The summed E-state index contributed by atoms with van der Waals surface area (Å²) in [6.07, 6.45) is 1.33. The summed E-state index contributed by atoms with van der Waals surface area (Å²) >= 11 is 6.37. The standard InChI is InChI=1S/C33H26ClN3O6/c1-21-7-5-6-10-28(21)35-30(38)20-43-29-16-11-23(18-27(29)34)17-26-31(39)36-33(41)37(32(26)40)24-12-14-25(15-13-24)42-19-22-8-3-2-4-9-22/h2-18H,19-20H2,1H3,(H,35,38)(H,36,39,41)/b26-17-. The highest BCUT2D eigenvalue weighted by Gasteiger charge is 2.36. The van der Waals surface area contributed by atoms with Crippen molar-refractivity contribution in [2.24, 2.45) is 0 Å². The van der Waals surface area contributed by atoms with Crippen LogP contribution in [0.4, 0.5) is 16.2 Å². The number of anilines is 2. The molecule has 1 aliphatic rings. The molecule has 5 rings (SSSR count). The lowest BCUT2D eigenvalue weighted by atomic mass is 10.1. The molecule has 1 saturated heterocycles. The molecule has 1 aliphatic heterocycles. The van der Waals surface area contributed by atoms with Gasteiger partial charge in [0.25, 0.3) is 17.7 Å². The van der Waals surface area contributed by atoms with Crippen LogP contribution in [-0.4, -0.2) is 30.4 Å². The molecule has 0 aliphatic carbocycles. The number of nitrogens with one attached hydrogen (secondary N) is 2. The molecule has 0 radical (unpaired) electrons. The van der Waals surface area contributed by atoms with Crippen molar-refractivity contribution in [1.29, 1.82) is 0 Å². The Morgan fingerprint density at radius 2 is 1.63 bits per heavy atom. The first kappa shape index (κ1) is 29.1. The summed E-state index contributed by atoms with van der Waals surface area (Å²) in [4.78, 5) is 51.7. The van der Waals surface area contributed by atoms with E-state index < -0.39 is 17.8 Å². The van der Waals surface area contributed by atoms with Gasteiger partial charge >= 0.3 is 6.03 Å². The van der Waals surface area contributed by atoms with E-state index in [4.69, 9.17) is 21.1 Å². The highest BCUT2D eigenvalue weighted by atomic mass is 35.5. The monoisotopic (exact) mass is 595 g/mol. The number of hydrogen-bond acceptors (Lipinski definition) is 6. The summed E-state index contributed by atoms with van der Waals surface area (Å²) in [5.74, 6) is -1.19.